The van der Waals surface area contributed by atoms with Gasteiger partial charge in [-0.2, -0.15) is 15.5 Å². The van der Waals surface area contributed by atoms with Gasteiger partial charge in [-0.05, 0) is 0 Å². The molecule has 0 aliphatic rings. The fraction of sp³-hybridized carbons (Fsp3) is 0. The number of hydrogen-bond acceptors (Lipinski definition) is 4. The number of nitrogens with zero attached hydrogens (tertiary/aromatic N) is 3. The molecule has 0 fully saturated rings. The predicted molar refractivity (Wildman–Crippen MR) is 25.8 cm³/mol. The number of nitrogens with two attached hydrogens (primary N) is 1. The lowest BCUT2D eigenvalue weighted by atomic mass is 10.9. The lowest BCUT2D eigenvalue weighted by molar-refractivity contribution is 0.222. The molecule has 0 heterocycles. The molecule has 6 nitrogen and oxygen atoms in total. The van der Waals surface area contributed by atoms with E-state index < -0.39 is 6.03 Å². The monoisotopic (exact) mass is 125 g/mol. The van der Waals surface area contributed by atoms with Crippen LogP contribution in [0.1, 0.15) is 0 Å². The van der Waals surface area contributed by atoms with Crippen LogP contribution < -0.4 is 11.2 Å². The smallest absolute Gasteiger partial charge is 0.245 e. The molecule has 0 bridgehead atoms. The Morgan fingerprint density at radius 3 is 2.56 bits per heavy atom. The Kier molecular flexibility index (Phi) is 2.60. The number of nitriles is 2. The summed E-state index contributed by atoms with van der Waals surface area (Å²) in [5, 5.41) is 17.6. The van der Waals surface area contributed by atoms with Crippen molar-refractivity contribution in [1.29, 1.82) is 10.5 Å². The Morgan fingerprint density at radius 1 is 1.67 bits per heavy atom. The van der Waals surface area contributed by atoms with Gasteiger partial charge < -0.3 is 0 Å². The number of carbonyl (C=O) groups is 1. The molecule has 46 valence electrons. The van der Waals surface area contributed by atoms with Gasteiger partial charge in [-0.1, -0.05) is 0 Å². The highest BCUT2D eigenvalue weighted by Gasteiger charge is 2.04. The van der Waals surface area contributed by atoms with Crippen molar-refractivity contribution in [3.8, 4) is 12.4 Å². The molecule has 2 amide bonds. The van der Waals surface area contributed by atoms with Gasteiger partial charge in [-0.3, -0.25) is 0 Å². The Bertz CT molecular complexity index is 185. The van der Waals surface area contributed by atoms with Crippen molar-refractivity contribution in [2.75, 3.05) is 0 Å². The van der Waals surface area contributed by atoms with Crippen LogP contribution in [0.2, 0.25) is 0 Å². The minimum absolute atomic E-state index is 0.212. The van der Waals surface area contributed by atoms with Crippen molar-refractivity contribution in [1.82, 2.24) is 10.3 Å². The van der Waals surface area contributed by atoms with E-state index in [1.165, 1.54) is 12.4 Å². The molecule has 0 atom stereocenters. The number of hydrogen-bond donors (Lipinski definition) is 2. The van der Waals surface area contributed by atoms with Gasteiger partial charge in [0, 0.05) is 0 Å². The highest BCUT2D eigenvalue weighted by molar-refractivity contribution is 5.76. The molecule has 9 heavy (non-hydrogen) atoms. The maximum absolute atomic E-state index is 10.2. The zero-order valence-electron chi connectivity index (χ0n) is 4.33. The second-order valence-electron chi connectivity index (χ2n) is 1.01. The molecule has 0 aliphatic heterocycles. The molecule has 0 aromatic carbocycles. The number of amides is 2. The Hall–Kier alpha value is -1.79. The maximum Gasteiger partial charge on any atom is 0.358 e. The molecular formula is C3H3N5O. The second kappa shape index (κ2) is 3.24. The summed E-state index contributed by atoms with van der Waals surface area (Å²) in [4.78, 5) is 10.2. The van der Waals surface area contributed by atoms with E-state index in [2.05, 4.69) is 0 Å². The number of urea groups is 1. The van der Waals surface area contributed by atoms with E-state index in [9.17, 15) is 4.79 Å². The molecule has 3 N–H and O–H groups in total. The van der Waals surface area contributed by atoms with Gasteiger partial charge in [0.25, 0.3) is 0 Å². The topological polar surface area (TPSA) is 106 Å². The van der Waals surface area contributed by atoms with Gasteiger partial charge in [0.2, 0.25) is 6.19 Å². The summed E-state index contributed by atoms with van der Waals surface area (Å²) in [5.41, 5.74) is 0. The summed E-state index contributed by atoms with van der Waals surface area (Å²) in [7, 11) is 0. The van der Waals surface area contributed by atoms with E-state index >= 15 is 0 Å². The summed E-state index contributed by atoms with van der Waals surface area (Å²) in [6.45, 7) is 0. The number of nitrogens with one attached hydrogen (secondary N) is 1. The molecule has 0 spiro atoms. The van der Waals surface area contributed by atoms with Crippen molar-refractivity contribution in [3.63, 3.8) is 0 Å². The zero-order valence-corrected chi connectivity index (χ0v) is 4.33. The van der Waals surface area contributed by atoms with E-state index in [-0.39, 0.29) is 5.01 Å². The van der Waals surface area contributed by atoms with Gasteiger partial charge >= 0.3 is 6.03 Å². The second-order valence-corrected chi connectivity index (χ2v) is 1.01. The van der Waals surface area contributed by atoms with Gasteiger partial charge in [0.15, 0.2) is 6.19 Å². The van der Waals surface area contributed by atoms with E-state index in [4.69, 9.17) is 16.4 Å². The highest BCUT2D eigenvalue weighted by atomic mass is 16.2. The Balaban J connectivity index is 3.81. The first-order chi connectivity index (χ1) is 4.22. The first kappa shape index (κ1) is 7.21. The lowest BCUT2D eigenvalue weighted by Crippen LogP contribution is -2.39. The first-order valence-electron chi connectivity index (χ1n) is 1.86. The van der Waals surface area contributed by atoms with E-state index in [1.807, 2.05) is 0 Å². The third-order valence-electron chi connectivity index (χ3n) is 0.489. The molecule has 0 aromatic rings. The number of rotatable bonds is 0. The molecule has 0 saturated carbocycles. The summed E-state index contributed by atoms with van der Waals surface area (Å²) >= 11 is 0. The molecule has 0 rings (SSSR count). The van der Waals surface area contributed by atoms with Crippen LogP contribution in [0, 0.1) is 22.9 Å². The molecule has 0 aliphatic carbocycles. The molecular weight excluding hydrogens is 122 g/mol. The van der Waals surface area contributed by atoms with E-state index in [1.54, 1.807) is 5.32 Å². The average Bonchev–Trinajstić information content (AvgIpc) is 1.87. The largest absolute Gasteiger partial charge is 0.358 e. The SMILES string of the molecule is N#CNC(=O)N(N)C#N. The van der Waals surface area contributed by atoms with Gasteiger partial charge in [0.1, 0.15) is 0 Å². The van der Waals surface area contributed by atoms with Crippen molar-refractivity contribution < 1.29 is 4.79 Å². The molecule has 6 heteroatoms. The predicted octanol–water partition coefficient (Wildman–Crippen LogP) is -1.17. The Labute approximate surface area is 51.0 Å². The Morgan fingerprint density at radius 2 is 2.22 bits per heavy atom. The molecule has 0 aromatic heterocycles. The van der Waals surface area contributed by atoms with Crippen LogP contribution in [-0.4, -0.2) is 11.0 Å². The summed E-state index contributed by atoms with van der Waals surface area (Å²) < 4.78 is 0. The molecule has 0 radical (unpaired) electrons. The van der Waals surface area contributed by atoms with Crippen LogP contribution in [0.4, 0.5) is 4.79 Å². The fourth-order valence-electron chi connectivity index (χ4n) is 0.153. The van der Waals surface area contributed by atoms with E-state index in [0.717, 1.165) is 0 Å². The van der Waals surface area contributed by atoms with Crippen LogP contribution in [0.3, 0.4) is 0 Å². The third-order valence-corrected chi connectivity index (χ3v) is 0.489. The van der Waals surface area contributed by atoms with Crippen molar-refractivity contribution in [3.05, 3.63) is 0 Å². The van der Waals surface area contributed by atoms with Crippen LogP contribution >= 0.6 is 0 Å². The number of hydrazine groups is 1. The average molecular weight is 125 g/mol. The molecule has 0 unspecified atom stereocenters. The van der Waals surface area contributed by atoms with Crippen molar-refractivity contribution in [2.24, 2.45) is 5.84 Å². The summed E-state index contributed by atoms with van der Waals surface area (Å²) in [6, 6.07) is -0.944. The number of carbonyl (C=O) groups excluding carboxylic acids is 1. The minimum atomic E-state index is -0.944. The van der Waals surface area contributed by atoms with Gasteiger partial charge in [-0.15, -0.1) is 0 Å². The summed E-state index contributed by atoms with van der Waals surface area (Å²) in [6.07, 6.45) is 2.61. The minimum Gasteiger partial charge on any atom is -0.245 e. The van der Waals surface area contributed by atoms with Gasteiger partial charge in [0.05, 0.1) is 0 Å². The highest BCUT2D eigenvalue weighted by Crippen LogP contribution is 1.71. The van der Waals surface area contributed by atoms with Crippen molar-refractivity contribution >= 4 is 6.03 Å². The third kappa shape index (κ3) is 2.12. The summed E-state index contributed by atoms with van der Waals surface area (Å²) in [5.74, 6) is 4.71. The quantitative estimate of drug-likeness (QED) is 0.140. The maximum atomic E-state index is 10.2. The standard InChI is InChI=1S/C3H3N5O/c4-1-7-3(9)8(6)2-5/h6H2,(H,7,9). The molecule has 0 saturated heterocycles. The first-order valence-corrected chi connectivity index (χ1v) is 1.86. The van der Waals surface area contributed by atoms with Crippen LogP contribution in [0.15, 0.2) is 0 Å². The van der Waals surface area contributed by atoms with Crippen LogP contribution in [0.25, 0.3) is 0 Å². The zero-order chi connectivity index (χ0) is 7.28. The normalized spacial score (nSPS) is 6.56. The van der Waals surface area contributed by atoms with Crippen LogP contribution in [-0.2, 0) is 0 Å². The van der Waals surface area contributed by atoms with E-state index in [0.29, 0.717) is 0 Å². The van der Waals surface area contributed by atoms with Gasteiger partial charge in [-0.25, -0.2) is 16.0 Å². The lowest BCUT2D eigenvalue weighted by Gasteiger charge is -2.00. The van der Waals surface area contributed by atoms with Crippen molar-refractivity contribution in [2.45, 2.75) is 0 Å². The van der Waals surface area contributed by atoms with Crippen LogP contribution in [0.5, 0.6) is 0 Å². The fourth-order valence-corrected chi connectivity index (χ4v) is 0.153.